The molecule has 0 spiro atoms. The van der Waals surface area contributed by atoms with E-state index in [1.54, 1.807) is 36.5 Å². The summed E-state index contributed by atoms with van der Waals surface area (Å²) in [5.41, 5.74) is 1.15. The summed E-state index contributed by atoms with van der Waals surface area (Å²) in [4.78, 5) is 16.4. The topological polar surface area (TPSA) is 89.6 Å². The van der Waals surface area contributed by atoms with Gasteiger partial charge in [-0.3, -0.25) is 4.79 Å². The Morgan fingerprint density at radius 3 is 2.67 bits per heavy atom. The number of anilines is 1. The number of hydrogen-bond acceptors (Lipinski definition) is 5. The Labute approximate surface area is 126 Å². The number of aromatic nitrogens is 1. The van der Waals surface area contributed by atoms with Gasteiger partial charge < -0.3 is 5.32 Å². The van der Waals surface area contributed by atoms with E-state index in [2.05, 4.69) is 16.4 Å². The Hall–Kier alpha value is -2.83. The SMILES string of the molecule is N#CCC(=O)Nc1ccc(Sc2ncccc2C#N)cc1. The van der Waals surface area contributed by atoms with Crippen LogP contribution >= 0.6 is 11.8 Å². The van der Waals surface area contributed by atoms with Gasteiger partial charge in [0.05, 0.1) is 11.6 Å². The van der Waals surface area contributed by atoms with Crippen LogP contribution in [-0.4, -0.2) is 10.9 Å². The molecule has 21 heavy (non-hydrogen) atoms. The van der Waals surface area contributed by atoms with Crippen molar-refractivity contribution >= 4 is 23.4 Å². The number of nitrogens with one attached hydrogen (secondary N) is 1. The van der Waals surface area contributed by atoms with Gasteiger partial charge in [0.1, 0.15) is 17.5 Å². The van der Waals surface area contributed by atoms with Gasteiger partial charge >= 0.3 is 0 Å². The zero-order valence-electron chi connectivity index (χ0n) is 10.9. The van der Waals surface area contributed by atoms with Gasteiger partial charge in [0.15, 0.2) is 0 Å². The van der Waals surface area contributed by atoms with E-state index >= 15 is 0 Å². The molecule has 0 atom stereocenters. The highest BCUT2D eigenvalue weighted by Crippen LogP contribution is 2.29. The Kier molecular flexibility index (Phi) is 4.92. The van der Waals surface area contributed by atoms with E-state index in [-0.39, 0.29) is 12.3 Å². The van der Waals surface area contributed by atoms with Crippen LogP contribution in [0.1, 0.15) is 12.0 Å². The lowest BCUT2D eigenvalue weighted by molar-refractivity contribution is -0.115. The fourth-order valence-electron chi connectivity index (χ4n) is 1.55. The van der Waals surface area contributed by atoms with Crippen molar-refractivity contribution in [1.82, 2.24) is 4.98 Å². The first-order chi connectivity index (χ1) is 10.2. The third-order valence-corrected chi connectivity index (χ3v) is 3.51. The van der Waals surface area contributed by atoms with Gasteiger partial charge in [-0.2, -0.15) is 10.5 Å². The zero-order valence-corrected chi connectivity index (χ0v) is 11.7. The van der Waals surface area contributed by atoms with Gasteiger partial charge in [-0.25, -0.2) is 4.98 Å². The molecule has 1 amide bonds. The Morgan fingerprint density at radius 1 is 1.24 bits per heavy atom. The molecule has 102 valence electrons. The predicted molar refractivity (Wildman–Crippen MR) is 78.4 cm³/mol. The molecule has 2 aromatic rings. The second-order valence-electron chi connectivity index (χ2n) is 3.98. The van der Waals surface area contributed by atoms with Gasteiger partial charge in [-0.05, 0) is 36.4 Å². The van der Waals surface area contributed by atoms with E-state index in [4.69, 9.17) is 10.5 Å². The summed E-state index contributed by atoms with van der Waals surface area (Å²) in [5, 5.41) is 20.7. The molecule has 1 aromatic heterocycles. The quantitative estimate of drug-likeness (QED) is 0.936. The molecule has 0 saturated carbocycles. The van der Waals surface area contributed by atoms with Crippen LogP contribution in [-0.2, 0) is 4.79 Å². The van der Waals surface area contributed by atoms with Gasteiger partial charge in [0.25, 0.3) is 0 Å². The minimum Gasteiger partial charge on any atom is -0.325 e. The van der Waals surface area contributed by atoms with Crippen LogP contribution in [0.25, 0.3) is 0 Å². The maximum atomic E-state index is 11.3. The molecule has 1 aromatic carbocycles. The summed E-state index contributed by atoms with van der Waals surface area (Å²) in [6, 6.07) is 14.4. The van der Waals surface area contributed by atoms with Crippen LogP contribution in [0.2, 0.25) is 0 Å². The zero-order chi connectivity index (χ0) is 15.1. The third kappa shape index (κ3) is 4.07. The Bertz CT molecular complexity index is 729. The van der Waals surface area contributed by atoms with Crippen LogP contribution in [0, 0.1) is 22.7 Å². The molecule has 0 aliphatic rings. The van der Waals surface area contributed by atoms with Crippen molar-refractivity contribution in [3.05, 3.63) is 48.2 Å². The molecule has 6 heteroatoms. The van der Waals surface area contributed by atoms with Gasteiger partial charge in [0.2, 0.25) is 5.91 Å². The highest BCUT2D eigenvalue weighted by molar-refractivity contribution is 7.99. The summed E-state index contributed by atoms with van der Waals surface area (Å²) in [6.45, 7) is 0. The second-order valence-corrected chi connectivity index (χ2v) is 5.04. The molecule has 0 radical (unpaired) electrons. The van der Waals surface area contributed by atoms with E-state index in [0.717, 1.165) is 4.90 Å². The van der Waals surface area contributed by atoms with Gasteiger partial charge in [-0.1, -0.05) is 11.8 Å². The molecule has 1 heterocycles. The van der Waals surface area contributed by atoms with E-state index in [0.29, 0.717) is 16.3 Å². The first-order valence-electron chi connectivity index (χ1n) is 6.03. The number of nitrogens with zero attached hydrogens (tertiary/aromatic N) is 3. The number of rotatable bonds is 4. The van der Waals surface area contributed by atoms with Crippen molar-refractivity contribution in [2.24, 2.45) is 0 Å². The van der Waals surface area contributed by atoms with Gasteiger partial charge in [-0.15, -0.1) is 0 Å². The first-order valence-corrected chi connectivity index (χ1v) is 6.84. The first kappa shape index (κ1) is 14.6. The lowest BCUT2D eigenvalue weighted by Crippen LogP contribution is -2.09. The fourth-order valence-corrected chi connectivity index (χ4v) is 2.38. The summed E-state index contributed by atoms with van der Waals surface area (Å²) >= 11 is 1.38. The predicted octanol–water partition coefficient (Wildman–Crippen LogP) is 2.96. The Balaban J connectivity index is 2.08. The molecule has 0 aliphatic carbocycles. The maximum Gasteiger partial charge on any atom is 0.238 e. The molecule has 0 fully saturated rings. The van der Waals surface area contributed by atoms with E-state index in [9.17, 15) is 4.79 Å². The van der Waals surface area contributed by atoms with Crippen molar-refractivity contribution in [2.75, 3.05) is 5.32 Å². The molecular weight excluding hydrogens is 284 g/mol. The number of amides is 1. The third-order valence-electron chi connectivity index (χ3n) is 2.48. The maximum absolute atomic E-state index is 11.3. The molecular formula is C15H10N4OS. The van der Waals surface area contributed by atoms with Crippen molar-refractivity contribution in [3.63, 3.8) is 0 Å². The minimum absolute atomic E-state index is 0.171. The summed E-state index contributed by atoms with van der Waals surface area (Å²) < 4.78 is 0. The smallest absolute Gasteiger partial charge is 0.238 e. The van der Waals surface area contributed by atoms with Gasteiger partial charge in [0, 0.05) is 16.8 Å². The molecule has 0 aliphatic heterocycles. The molecule has 5 nitrogen and oxygen atoms in total. The monoisotopic (exact) mass is 294 g/mol. The van der Waals surface area contributed by atoms with Crippen LogP contribution in [0.3, 0.4) is 0 Å². The summed E-state index contributed by atoms with van der Waals surface area (Å²) in [5.74, 6) is -0.339. The number of pyridine rings is 1. The normalized spacial score (nSPS) is 9.43. The molecule has 0 unspecified atom stereocenters. The van der Waals surface area contributed by atoms with Crippen LogP contribution in [0.4, 0.5) is 5.69 Å². The average Bonchev–Trinajstić information content (AvgIpc) is 2.50. The molecule has 2 rings (SSSR count). The van der Waals surface area contributed by atoms with Crippen molar-refractivity contribution in [1.29, 1.82) is 10.5 Å². The highest BCUT2D eigenvalue weighted by Gasteiger charge is 2.06. The summed E-state index contributed by atoms with van der Waals surface area (Å²) in [7, 11) is 0. The highest BCUT2D eigenvalue weighted by atomic mass is 32.2. The largest absolute Gasteiger partial charge is 0.325 e. The minimum atomic E-state index is -0.339. The number of carbonyl (C=O) groups excluding carboxylic acids is 1. The van der Waals surface area contributed by atoms with Crippen molar-refractivity contribution in [3.8, 4) is 12.1 Å². The number of nitriles is 2. The number of hydrogen-bond donors (Lipinski definition) is 1. The van der Waals surface area contributed by atoms with E-state index < -0.39 is 0 Å². The van der Waals surface area contributed by atoms with Crippen LogP contribution < -0.4 is 5.32 Å². The Morgan fingerprint density at radius 2 is 2.00 bits per heavy atom. The average molecular weight is 294 g/mol. The van der Waals surface area contributed by atoms with Crippen LogP contribution in [0.5, 0.6) is 0 Å². The molecule has 0 saturated heterocycles. The van der Waals surface area contributed by atoms with E-state index in [1.165, 1.54) is 11.8 Å². The van der Waals surface area contributed by atoms with E-state index in [1.807, 2.05) is 12.1 Å². The number of benzene rings is 1. The summed E-state index contributed by atoms with van der Waals surface area (Å²) in [6.07, 6.45) is 1.47. The standard InChI is InChI=1S/C15H10N4OS/c16-8-7-14(20)19-12-3-5-13(6-4-12)21-15-11(10-17)2-1-9-18-15/h1-6,9H,7H2,(H,19,20). The molecule has 1 N–H and O–H groups in total. The van der Waals surface area contributed by atoms with Crippen LogP contribution in [0.15, 0.2) is 52.5 Å². The fraction of sp³-hybridized carbons (Fsp3) is 0.0667. The second kappa shape index (κ2) is 7.09. The van der Waals surface area contributed by atoms with Crippen molar-refractivity contribution < 1.29 is 4.79 Å². The van der Waals surface area contributed by atoms with Crippen molar-refractivity contribution in [2.45, 2.75) is 16.3 Å². The lowest BCUT2D eigenvalue weighted by Gasteiger charge is -2.05. The number of carbonyl (C=O) groups is 1. The lowest BCUT2D eigenvalue weighted by atomic mass is 10.3. The molecule has 0 bridgehead atoms.